The summed E-state index contributed by atoms with van der Waals surface area (Å²) in [5, 5.41) is 0. The average molecular weight is 417 g/mol. The van der Waals surface area contributed by atoms with Gasteiger partial charge in [0.05, 0.1) is 6.61 Å². The van der Waals surface area contributed by atoms with Crippen molar-refractivity contribution in [2.75, 3.05) is 6.61 Å². The smallest absolute Gasteiger partial charge is 0.317 e. The van der Waals surface area contributed by atoms with Crippen molar-refractivity contribution < 1.29 is 14.3 Å². The highest BCUT2D eigenvalue weighted by atomic mass is 32.1. The second kappa shape index (κ2) is 8.41. The molecule has 1 aromatic heterocycles. The van der Waals surface area contributed by atoms with Crippen molar-refractivity contribution in [3.8, 4) is 0 Å². The van der Waals surface area contributed by atoms with Crippen LogP contribution >= 0.6 is 11.3 Å². The lowest BCUT2D eigenvalue weighted by Crippen LogP contribution is -2.28. The largest absolute Gasteiger partial charge is 0.465 e. The first-order chi connectivity index (χ1) is 14.5. The molecule has 0 fully saturated rings. The Bertz CT molecular complexity index is 1110. The highest BCUT2D eigenvalue weighted by Gasteiger charge is 2.48. The maximum absolute atomic E-state index is 13.8. The van der Waals surface area contributed by atoms with Crippen LogP contribution < -0.4 is 0 Å². The Morgan fingerprint density at radius 1 is 1.00 bits per heavy atom. The summed E-state index contributed by atoms with van der Waals surface area (Å²) in [7, 11) is 0. The van der Waals surface area contributed by atoms with Crippen molar-refractivity contribution in [2.24, 2.45) is 5.92 Å². The van der Waals surface area contributed by atoms with Gasteiger partial charge in [-0.1, -0.05) is 60.7 Å². The number of carbonyl (C=O) groups excluding carboxylic acids is 2. The van der Waals surface area contributed by atoms with Crippen molar-refractivity contribution in [3.63, 3.8) is 0 Å². The predicted octanol–water partition coefficient (Wildman–Crippen LogP) is 5.82. The Morgan fingerprint density at radius 3 is 2.20 bits per heavy atom. The lowest BCUT2D eigenvalue weighted by molar-refractivity contribution is -0.150. The van der Waals surface area contributed by atoms with Gasteiger partial charge in [0.15, 0.2) is 5.78 Å². The minimum Gasteiger partial charge on any atom is -0.465 e. The van der Waals surface area contributed by atoms with Crippen LogP contribution in [0, 0.1) is 19.8 Å². The number of hydrogen-bond acceptors (Lipinski definition) is 4. The summed E-state index contributed by atoms with van der Waals surface area (Å²) in [5.41, 5.74) is 4.39. The van der Waals surface area contributed by atoms with Crippen molar-refractivity contribution in [2.45, 2.75) is 26.7 Å². The Balaban J connectivity index is 2.02. The van der Waals surface area contributed by atoms with Crippen LogP contribution in [0.2, 0.25) is 0 Å². The van der Waals surface area contributed by atoms with E-state index in [-0.39, 0.29) is 18.3 Å². The SMILES string of the molecule is CCOC(=O)C1C(=O)C(c2cc(C)sc2C)=C(c2ccccc2)C1c1ccccc1. The van der Waals surface area contributed by atoms with Gasteiger partial charge in [0.1, 0.15) is 5.92 Å². The molecule has 0 N–H and O–H groups in total. The Labute approximate surface area is 181 Å². The van der Waals surface area contributed by atoms with Crippen LogP contribution in [0.5, 0.6) is 0 Å². The van der Waals surface area contributed by atoms with Gasteiger partial charge in [-0.3, -0.25) is 9.59 Å². The molecular weight excluding hydrogens is 392 g/mol. The third-order valence-corrected chi connectivity index (χ3v) is 6.50. The molecule has 3 nitrogen and oxygen atoms in total. The lowest BCUT2D eigenvalue weighted by atomic mass is 9.82. The van der Waals surface area contributed by atoms with Crippen molar-refractivity contribution in [1.82, 2.24) is 0 Å². The number of ether oxygens (including phenoxy) is 1. The average Bonchev–Trinajstić information content (AvgIpc) is 3.24. The van der Waals surface area contributed by atoms with Gasteiger partial charge < -0.3 is 4.74 Å². The van der Waals surface area contributed by atoms with E-state index < -0.39 is 11.9 Å². The first-order valence-electron chi connectivity index (χ1n) is 10.2. The molecule has 30 heavy (non-hydrogen) atoms. The minimum absolute atomic E-state index is 0.151. The summed E-state index contributed by atoms with van der Waals surface area (Å²) in [6.45, 7) is 6.09. The van der Waals surface area contributed by atoms with E-state index in [0.717, 1.165) is 32.0 Å². The zero-order valence-corrected chi connectivity index (χ0v) is 18.2. The van der Waals surface area contributed by atoms with Crippen LogP contribution in [0.15, 0.2) is 66.7 Å². The van der Waals surface area contributed by atoms with E-state index >= 15 is 0 Å². The Kier molecular flexibility index (Phi) is 5.69. The van der Waals surface area contributed by atoms with E-state index in [4.69, 9.17) is 4.74 Å². The highest BCUT2D eigenvalue weighted by Crippen LogP contribution is 2.51. The molecule has 2 atom stereocenters. The monoisotopic (exact) mass is 416 g/mol. The molecule has 0 aliphatic heterocycles. The predicted molar refractivity (Wildman–Crippen MR) is 121 cm³/mol. The van der Waals surface area contributed by atoms with Gasteiger partial charge in [-0.05, 0) is 49.1 Å². The summed E-state index contributed by atoms with van der Waals surface area (Å²) in [4.78, 5) is 29.0. The summed E-state index contributed by atoms with van der Waals surface area (Å²) < 4.78 is 5.37. The molecule has 3 aromatic rings. The number of rotatable bonds is 5. The fourth-order valence-electron chi connectivity index (χ4n) is 4.35. The number of benzene rings is 2. The summed E-state index contributed by atoms with van der Waals surface area (Å²) in [6.07, 6.45) is 0. The van der Waals surface area contributed by atoms with Crippen LogP contribution in [0.25, 0.3) is 11.1 Å². The van der Waals surface area contributed by atoms with Crippen LogP contribution in [0.3, 0.4) is 0 Å². The maximum Gasteiger partial charge on any atom is 0.317 e. The summed E-state index contributed by atoms with van der Waals surface area (Å²) in [6, 6.07) is 21.8. The third-order valence-electron chi connectivity index (χ3n) is 5.54. The highest BCUT2D eigenvalue weighted by molar-refractivity contribution is 7.12. The van der Waals surface area contributed by atoms with Gasteiger partial charge >= 0.3 is 5.97 Å². The van der Waals surface area contributed by atoms with E-state index in [1.807, 2.05) is 74.5 Å². The number of allylic oxidation sites excluding steroid dienone is 2. The normalized spacial score (nSPS) is 18.7. The number of carbonyl (C=O) groups is 2. The topological polar surface area (TPSA) is 43.4 Å². The van der Waals surface area contributed by atoms with E-state index in [2.05, 4.69) is 6.07 Å². The van der Waals surface area contributed by atoms with Crippen molar-refractivity contribution in [3.05, 3.63) is 93.2 Å². The maximum atomic E-state index is 13.8. The molecule has 0 saturated heterocycles. The van der Waals surface area contributed by atoms with Gasteiger partial charge in [0.2, 0.25) is 0 Å². The first-order valence-corrected chi connectivity index (χ1v) is 11.0. The molecule has 1 heterocycles. The van der Waals surface area contributed by atoms with Gasteiger partial charge in [-0.15, -0.1) is 11.3 Å². The van der Waals surface area contributed by atoms with Gasteiger partial charge in [0, 0.05) is 21.2 Å². The number of ketones is 1. The molecule has 152 valence electrons. The van der Waals surface area contributed by atoms with Crippen molar-refractivity contribution >= 4 is 34.2 Å². The molecule has 0 bridgehead atoms. The van der Waals surface area contributed by atoms with Crippen molar-refractivity contribution in [1.29, 1.82) is 0 Å². The van der Waals surface area contributed by atoms with Gasteiger partial charge in [-0.25, -0.2) is 0 Å². The number of hydrogen-bond donors (Lipinski definition) is 0. The zero-order chi connectivity index (χ0) is 21.3. The summed E-state index contributed by atoms with van der Waals surface area (Å²) >= 11 is 1.67. The Hall–Kier alpha value is -2.98. The van der Waals surface area contributed by atoms with Crippen LogP contribution in [-0.4, -0.2) is 18.4 Å². The van der Waals surface area contributed by atoms with Gasteiger partial charge in [0.25, 0.3) is 0 Å². The minimum atomic E-state index is -0.878. The fraction of sp³-hybridized carbons (Fsp3) is 0.231. The fourth-order valence-corrected chi connectivity index (χ4v) is 5.29. The third kappa shape index (κ3) is 3.52. The number of Topliss-reactive ketones (excluding diaryl/α,β-unsaturated/α-hetero) is 1. The Morgan fingerprint density at radius 2 is 1.63 bits per heavy atom. The first kappa shape index (κ1) is 20.3. The van der Waals surface area contributed by atoms with Gasteiger partial charge in [-0.2, -0.15) is 0 Å². The second-order valence-corrected chi connectivity index (χ2v) is 8.92. The molecule has 0 spiro atoms. The molecule has 0 radical (unpaired) electrons. The summed E-state index contributed by atoms with van der Waals surface area (Å²) in [5.74, 6) is -1.86. The molecule has 0 amide bonds. The molecule has 4 rings (SSSR count). The zero-order valence-electron chi connectivity index (χ0n) is 17.3. The number of thiophene rings is 1. The van der Waals surface area contributed by atoms with Crippen LogP contribution in [0.1, 0.15) is 39.3 Å². The van der Waals surface area contributed by atoms with Crippen LogP contribution in [0.4, 0.5) is 0 Å². The van der Waals surface area contributed by atoms with E-state index in [1.54, 1.807) is 18.3 Å². The quantitative estimate of drug-likeness (QED) is 0.389. The van der Waals surface area contributed by atoms with E-state index in [0.29, 0.717) is 5.57 Å². The van der Waals surface area contributed by atoms with E-state index in [1.165, 1.54) is 0 Å². The molecule has 1 aliphatic rings. The van der Waals surface area contributed by atoms with Crippen LogP contribution in [-0.2, 0) is 14.3 Å². The molecule has 2 unspecified atom stereocenters. The molecule has 0 saturated carbocycles. The van der Waals surface area contributed by atoms with E-state index in [9.17, 15) is 9.59 Å². The number of esters is 1. The second-order valence-electron chi connectivity index (χ2n) is 7.46. The lowest BCUT2D eigenvalue weighted by Gasteiger charge is -2.21. The molecular formula is C26H24O3S. The molecule has 2 aromatic carbocycles. The number of aryl methyl sites for hydroxylation is 2. The standard InChI is InChI=1S/C26H24O3S/c1-4-29-26(28)24-22(19-13-9-6-10-14-19)21(18-11-7-5-8-12-18)23(25(24)27)20-15-16(2)30-17(20)3/h5-15,22,24H,4H2,1-3H3. The molecule has 1 aliphatic carbocycles. The molecule has 4 heteroatoms.